The highest BCUT2D eigenvalue weighted by atomic mass is 16.1. The van der Waals surface area contributed by atoms with Crippen LogP contribution >= 0.6 is 0 Å². The minimum Gasteiger partial charge on any atom is -0.327 e. The zero-order valence-corrected chi connectivity index (χ0v) is 12.5. The largest absolute Gasteiger partial charge is 0.327 e. The standard InChI is InChI=1S/C17H25N3O/c18-16-8-4-5-13-11-20(12-15(13)16)10-9-17(21)19-14-6-2-1-3-7-14/h1-3,6-7,13,15-16H,4-5,8-12,18H2,(H,19,21). The minimum absolute atomic E-state index is 0.0976. The molecule has 0 spiro atoms. The second-order valence-electron chi connectivity index (χ2n) is 6.44. The molecule has 1 aliphatic heterocycles. The van der Waals surface area contributed by atoms with E-state index in [1.165, 1.54) is 19.3 Å². The molecule has 1 aromatic rings. The van der Waals surface area contributed by atoms with E-state index in [9.17, 15) is 4.79 Å². The zero-order valence-electron chi connectivity index (χ0n) is 12.5. The molecule has 1 saturated heterocycles. The van der Waals surface area contributed by atoms with E-state index in [2.05, 4.69) is 10.2 Å². The van der Waals surface area contributed by atoms with Crippen LogP contribution in [-0.4, -0.2) is 36.5 Å². The molecule has 3 rings (SSSR count). The molecule has 114 valence electrons. The lowest BCUT2D eigenvalue weighted by atomic mass is 9.78. The number of carbonyl (C=O) groups is 1. The van der Waals surface area contributed by atoms with Crippen LogP contribution in [0.2, 0.25) is 0 Å². The van der Waals surface area contributed by atoms with Crippen molar-refractivity contribution in [1.29, 1.82) is 0 Å². The minimum atomic E-state index is 0.0976. The van der Waals surface area contributed by atoms with Crippen LogP contribution in [0.25, 0.3) is 0 Å². The summed E-state index contributed by atoms with van der Waals surface area (Å²) in [6.45, 7) is 3.04. The molecule has 3 unspecified atom stereocenters. The predicted octanol–water partition coefficient (Wildman–Crippen LogP) is 2.07. The Bertz CT molecular complexity index is 476. The molecule has 4 nitrogen and oxygen atoms in total. The van der Waals surface area contributed by atoms with Crippen LogP contribution in [0.4, 0.5) is 5.69 Å². The van der Waals surface area contributed by atoms with Crippen LogP contribution in [0.15, 0.2) is 30.3 Å². The first-order chi connectivity index (χ1) is 10.2. The summed E-state index contributed by atoms with van der Waals surface area (Å²) in [5, 5.41) is 2.95. The summed E-state index contributed by atoms with van der Waals surface area (Å²) in [4.78, 5) is 14.4. The van der Waals surface area contributed by atoms with Crippen molar-refractivity contribution in [2.75, 3.05) is 25.0 Å². The van der Waals surface area contributed by atoms with Crippen LogP contribution in [0.1, 0.15) is 25.7 Å². The normalized spacial score (nSPS) is 29.1. The van der Waals surface area contributed by atoms with Crippen molar-refractivity contribution in [1.82, 2.24) is 4.90 Å². The third-order valence-corrected chi connectivity index (χ3v) is 4.94. The van der Waals surface area contributed by atoms with Gasteiger partial charge in [0.1, 0.15) is 0 Å². The monoisotopic (exact) mass is 287 g/mol. The van der Waals surface area contributed by atoms with Crippen molar-refractivity contribution < 1.29 is 4.79 Å². The van der Waals surface area contributed by atoms with Gasteiger partial charge in [0.15, 0.2) is 0 Å². The van der Waals surface area contributed by atoms with Crippen LogP contribution in [0, 0.1) is 11.8 Å². The second-order valence-corrected chi connectivity index (χ2v) is 6.44. The maximum absolute atomic E-state index is 12.0. The summed E-state index contributed by atoms with van der Waals surface area (Å²) in [6, 6.07) is 10.0. The van der Waals surface area contributed by atoms with Gasteiger partial charge in [-0.25, -0.2) is 0 Å². The molecule has 3 atom stereocenters. The van der Waals surface area contributed by atoms with Gasteiger partial charge in [-0.15, -0.1) is 0 Å². The molecule has 1 amide bonds. The van der Waals surface area contributed by atoms with Crippen molar-refractivity contribution in [3.8, 4) is 0 Å². The Labute approximate surface area is 126 Å². The summed E-state index contributed by atoms with van der Waals surface area (Å²) in [7, 11) is 0. The molecule has 0 radical (unpaired) electrons. The molecule has 1 aromatic carbocycles. The number of benzene rings is 1. The highest BCUT2D eigenvalue weighted by Crippen LogP contribution is 2.35. The number of para-hydroxylation sites is 1. The van der Waals surface area contributed by atoms with Gasteiger partial charge in [-0.1, -0.05) is 24.6 Å². The Hall–Kier alpha value is -1.39. The molecule has 1 saturated carbocycles. The van der Waals surface area contributed by atoms with Crippen molar-refractivity contribution >= 4 is 11.6 Å². The van der Waals surface area contributed by atoms with Gasteiger partial charge in [0.05, 0.1) is 0 Å². The smallest absolute Gasteiger partial charge is 0.225 e. The number of amides is 1. The fourth-order valence-corrected chi connectivity index (χ4v) is 3.80. The molecular weight excluding hydrogens is 262 g/mol. The number of nitrogens with one attached hydrogen (secondary N) is 1. The highest BCUT2D eigenvalue weighted by Gasteiger charge is 2.38. The number of nitrogens with zero attached hydrogens (tertiary/aromatic N) is 1. The lowest BCUT2D eigenvalue weighted by Crippen LogP contribution is -2.38. The third-order valence-electron chi connectivity index (χ3n) is 4.94. The van der Waals surface area contributed by atoms with Crippen LogP contribution in [0.5, 0.6) is 0 Å². The first kappa shape index (κ1) is 14.5. The van der Waals surface area contributed by atoms with Crippen LogP contribution in [-0.2, 0) is 4.79 Å². The molecule has 4 heteroatoms. The molecule has 3 N–H and O–H groups in total. The van der Waals surface area contributed by atoms with Crippen molar-refractivity contribution in [2.24, 2.45) is 17.6 Å². The first-order valence-corrected chi connectivity index (χ1v) is 8.05. The number of hydrogen-bond donors (Lipinski definition) is 2. The average Bonchev–Trinajstić information content (AvgIpc) is 2.91. The van der Waals surface area contributed by atoms with Crippen LogP contribution < -0.4 is 11.1 Å². The molecular formula is C17H25N3O. The van der Waals surface area contributed by atoms with E-state index in [0.29, 0.717) is 18.4 Å². The maximum Gasteiger partial charge on any atom is 0.225 e. The van der Waals surface area contributed by atoms with Gasteiger partial charge < -0.3 is 16.0 Å². The molecule has 2 fully saturated rings. The molecule has 1 aliphatic carbocycles. The lowest BCUT2D eigenvalue weighted by Gasteiger charge is -2.29. The topological polar surface area (TPSA) is 58.4 Å². The number of hydrogen-bond acceptors (Lipinski definition) is 3. The Morgan fingerprint density at radius 1 is 1.24 bits per heavy atom. The summed E-state index contributed by atoms with van der Waals surface area (Å²) in [5.74, 6) is 1.50. The summed E-state index contributed by atoms with van der Waals surface area (Å²) < 4.78 is 0. The van der Waals surface area contributed by atoms with E-state index in [-0.39, 0.29) is 5.91 Å². The highest BCUT2D eigenvalue weighted by molar-refractivity contribution is 5.90. The maximum atomic E-state index is 12.0. The number of anilines is 1. The predicted molar refractivity (Wildman–Crippen MR) is 84.9 cm³/mol. The van der Waals surface area contributed by atoms with Gasteiger partial charge in [-0.3, -0.25) is 4.79 Å². The fraction of sp³-hybridized carbons (Fsp3) is 0.588. The van der Waals surface area contributed by atoms with Gasteiger partial charge in [0.25, 0.3) is 0 Å². The van der Waals surface area contributed by atoms with Gasteiger partial charge in [0.2, 0.25) is 5.91 Å². The Balaban J connectivity index is 1.44. The van der Waals surface area contributed by atoms with Gasteiger partial charge in [-0.2, -0.15) is 0 Å². The van der Waals surface area contributed by atoms with E-state index in [1.807, 2.05) is 30.3 Å². The van der Waals surface area contributed by atoms with Gasteiger partial charge >= 0.3 is 0 Å². The lowest BCUT2D eigenvalue weighted by molar-refractivity contribution is -0.116. The number of rotatable bonds is 4. The number of likely N-dealkylation sites (tertiary alicyclic amines) is 1. The molecule has 2 aliphatic rings. The van der Waals surface area contributed by atoms with Crippen molar-refractivity contribution in [3.63, 3.8) is 0 Å². The molecule has 0 bridgehead atoms. The Morgan fingerprint density at radius 3 is 2.81 bits per heavy atom. The first-order valence-electron chi connectivity index (χ1n) is 8.05. The van der Waals surface area contributed by atoms with E-state index in [4.69, 9.17) is 5.73 Å². The van der Waals surface area contributed by atoms with Gasteiger partial charge in [-0.05, 0) is 36.8 Å². The van der Waals surface area contributed by atoms with Crippen molar-refractivity contribution in [2.45, 2.75) is 31.7 Å². The summed E-state index contributed by atoms with van der Waals surface area (Å²) in [6.07, 6.45) is 4.31. The summed E-state index contributed by atoms with van der Waals surface area (Å²) in [5.41, 5.74) is 7.11. The summed E-state index contributed by atoms with van der Waals surface area (Å²) >= 11 is 0. The fourth-order valence-electron chi connectivity index (χ4n) is 3.80. The quantitative estimate of drug-likeness (QED) is 0.891. The molecule has 0 aromatic heterocycles. The average molecular weight is 287 g/mol. The Morgan fingerprint density at radius 2 is 2.05 bits per heavy atom. The molecule has 21 heavy (non-hydrogen) atoms. The SMILES string of the molecule is NC1CCCC2CN(CCC(=O)Nc3ccccc3)CC12. The third kappa shape index (κ3) is 3.63. The molecule has 1 heterocycles. The van der Waals surface area contributed by atoms with Gasteiger partial charge in [0, 0.05) is 37.8 Å². The number of carbonyl (C=O) groups excluding carboxylic acids is 1. The van der Waals surface area contributed by atoms with Crippen LogP contribution in [0.3, 0.4) is 0 Å². The van der Waals surface area contributed by atoms with Crippen molar-refractivity contribution in [3.05, 3.63) is 30.3 Å². The zero-order chi connectivity index (χ0) is 14.7. The second kappa shape index (κ2) is 6.58. The van der Waals surface area contributed by atoms with E-state index >= 15 is 0 Å². The van der Waals surface area contributed by atoms with E-state index in [0.717, 1.165) is 31.2 Å². The number of fused-ring (bicyclic) bond motifs is 1. The van der Waals surface area contributed by atoms with E-state index < -0.39 is 0 Å². The Kier molecular flexibility index (Phi) is 4.56. The van der Waals surface area contributed by atoms with E-state index in [1.54, 1.807) is 0 Å². The number of nitrogens with two attached hydrogens (primary N) is 1.